The Labute approximate surface area is 135 Å². The van der Waals surface area contributed by atoms with Gasteiger partial charge in [0.05, 0.1) is 6.67 Å². The first-order valence-electron chi connectivity index (χ1n) is 7.93. The van der Waals surface area contributed by atoms with Gasteiger partial charge in [-0.05, 0) is 17.7 Å². The van der Waals surface area contributed by atoms with E-state index in [1.54, 1.807) is 12.4 Å². The molecule has 6 heteroatoms. The summed E-state index contributed by atoms with van der Waals surface area (Å²) in [5.74, 6) is 0.936. The van der Waals surface area contributed by atoms with Crippen molar-refractivity contribution in [3.63, 3.8) is 0 Å². The Morgan fingerprint density at radius 1 is 0.957 bits per heavy atom. The SMILES string of the molecule is O=C1c2ccccc2CN1CN1CCN(c2ncccn2)CC1. The maximum atomic E-state index is 12.4. The first kappa shape index (κ1) is 14.1. The quantitative estimate of drug-likeness (QED) is 0.853. The first-order valence-corrected chi connectivity index (χ1v) is 7.93. The largest absolute Gasteiger partial charge is 0.338 e. The number of benzene rings is 1. The Kier molecular flexibility index (Phi) is 3.67. The Bertz CT molecular complexity index is 697. The van der Waals surface area contributed by atoms with Gasteiger partial charge in [0.1, 0.15) is 0 Å². The lowest BCUT2D eigenvalue weighted by Gasteiger charge is -2.36. The second-order valence-corrected chi connectivity index (χ2v) is 5.96. The summed E-state index contributed by atoms with van der Waals surface area (Å²) >= 11 is 0. The number of rotatable bonds is 3. The van der Waals surface area contributed by atoms with E-state index in [2.05, 4.69) is 19.8 Å². The summed E-state index contributed by atoms with van der Waals surface area (Å²) in [7, 11) is 0. The van der Waals surface area contributed by atoms with Crippen molar-refractivity contribution < 1.29 is 4.79 Å². The average Bonchev–Trinajstić information content (AvgIpc) is 2.93. The van der Waals surface area contributed by atoms with E-state index in [0.717, 1.165) is 49.8 Å². The van der Waals surface area contributed by atoms with Gasteiger partial charge < -0.3 is 9.80 Å². The van der Waals surface area contributed by atoms with Crippen molar-refractivity contribution in [2.75, 3.05) is 37.7 Å². The minimum atomic E-state index is 0.148. The molecule has 2 aromatic rings. The summed E-state index contributed by atoms with van der Waals surface area (Å²) in [4.78, 5) is 27.5. The van der Waals surface area contributed by atoms with Crippen LogP contribution in [0.15, 0.2) is 42.7 Å². The summed E-state index contributed by atoms with van der Waals surface area (Å²) in [5.41, 5.74) is 1.98. The Morgan fingerprint density at radius 3 is 2.43 bits per heavy atom. The third-order valence-electron chi connectivity index (χ3n) is 4.47. The molecule has 0 atom stereocenters. The van der Waals surface area contributed by atoms with E-state index in [0.29, 0.717) is 6.67 Å². The predicted octanol–water partition coefficient (Wildman–Crippen LogP) is 1.21. The van der Waals surface area contributed by atoms with E-state index in [1.165, 1.54) is 0 Å². The fraction of sp³-hybridized carbons (Fsp3) is 0.353. The molecule has 0 bridgehead atoms. The molecule has 3 heterocycles. The second kappa shape index (κ2) is 5.96. The van der Waals surface area contributed by atoms with Gasteiger partial charge in [0.15, 0.2) is 0 Å². The highest BCUT2D eigenvalue weighted by atomic mass is 16.2. The van der Waals surface area contributed by atoms with Gasteiger partial charge in [-0.15, -0.1) is 0 Å². The normalized spacial score (nSPS) is 18.3. The van der Waals surface area contributed by atoms with E-state index in [4.69, 9.17) is 0 Å². The number of nitrogens with zero attached hydrogens (tertiary/aromatic N) is 5. The number of carbonyl (C=O) groups excluding carboxylic acids is 1. The van der Waals surface area contributed by atoms with Gasteiger partial charge in [-0.25, -0.2) is 9.97 Å². The van der Waals surface area contributed by atoms with Crippen molar-refractivity contribution in [1.29, 1.82) is 0 Å². The Balaban J connectivity index is 1.35. The highest BCUT2D eigenvalue weighted by Gasteiger charge is 2.29. The fourth-order valence-corrected chi connectivity index (χ4v) is 3.21. The van der Waals surface area contributed by atoms with Crippen LogP contribution in [0.2, 0.25) is 0 Å². The van der Waals surface area contributed by atoms with Crippen molar-refractivity contribution in [2.24, 2.45) is 0 Å². The van der Waals surface area contributed by atoms with Gasteiger partial charge in [-0.2, -0.15) is 0 Å². The maximum absolute atomic E-state index is 12.4. The number of amides is 1. The molecule has 1 aromatic heterocycles. The van der Waals surface area contributed by atoms with E-state index >= 15 is 0 Å². The molecule has 1 amide bonds. The fourth-order valence-electron chi connectivity index (χ4n) is 3.21. The molecule has 0 radical (unpaired) electrons. The van der Waals surface area contributed by atoms with Crippen molar-refractivity contribution >= 4 is 11.9 Å². The van der Waals surface area contributed by atoms with Crippen LogP contribution in [0.4, 0.5) is 5.95 Å². The zero-order valence-corrected chi connectivity index (χ0v) is 12.9. The van der Waals surface area contributed by atoms with Gasteiger partial charge in [0.25, 0.3) is 5.91 Å². The second-order valence-electron chi connectivity index (χ2n) is 5.96. The Hall–Kier alpha value is -2.47. The van der Waals surface area contributed by atoms with Gasteiger partial charge >= 0.3 is 0 Å². The van der Waals surface area contributed by atoms with Crippen LogP contribution in [-0.2, 0) is 6.54 Å². The smallest absolute Gasteiger partial charge is 0.255 e. The first-order chi connectivity index (χ1) is 11.3. The van der Waals surface area contributed by atoms with E-state index in [9.17, 15) is 4.79 Å². The summed E-state index contributed by atoms with van der Waals surface area (Å²) in [6.45, 7) is 5.02. The molecule has 1 fully saturated rings. The third kappa shape index (κ3) is 2.77. The molecule has 118 valence electrons. The summed E-state index contributed by atoms with van der Waals surface area (Å²) < 4.78 is 0. The van der Waals surface area contributed by atoms with Crippen LogP contribution in [0.1, 0.15) is 15.9 Å². The summed E-state index contributed by atoms with van der Waals surface area (Å²) in [5, 5.41) is 0. The van der Waals surface area contributed by atoms with E-state index in [-0.39, 0.29) is 5.91 Å². The minimum Gasteiger partial charge on any atom is -0.338 e. The monoisotopic (exact) mass is 309 g/mol. The van der Waals surface area contributed by atoms with Crippen LogP contribution in [0.5, 0.6) is 0 Å². The van der Waals surface area contributed by atoms with Crippen LogP contribution < -0.4 is 4.90 Å². The lowest BCUT2D eigenvalue weighted by Crippen LogP contribution is -2.50. The number of hydrogen-bond donors (Lipinski definition) is 0. The molecule has 23 heavy (non-hydrogen) atoms. The molecule has 2 aliphatic heterocycles. The molecule has 1 saturated heterocycles. The summed E-state index contributed by atoms with van der Waals surface area (Å²) in [6.07, 6.45) is 3.55. The van der Waals surface area contributed by atoms with Gasteiger partial charge in [-0.1, -0.05) is 18.2 Å². The van der Waals surface area contributed by atoms with Gasteiger partial charge in [-0.3, -0.25) is 9.69 Å². The number of hydrogen-bond acceptors (Lipinski definition) is 5. The summed E-state index contributed by atoms with van der Waals surface area (Å²) in [6, 6.07) is 9.71. The van der Waals surface area contributed by atoms with Crippen LogP contribution >= 0.6 is 0 Å². The van der Waals surface area contributed by atoms with Crippen molar-refractivity contribution in [2.45, 2.75) is 6.54 Å². The molecular formula is C17H19N5O. The lowest BCUT2D eigenvalue weighted by molar-refractivity contribution is 0.0638. The van der Waals surface area contributed by atoms with E-state index in [1.807, 2.05) is 35.2 Å². The third-order valence-corrected chi connectivity index (χ3v) is 4.47. The average molecular weight is 309 g/mol. The molecular weight excluding hydrogens is 290 g/mol. The number of fused-ring (bicyclic) bond motifs is 1. The number of carbonyl (C=O) groups is 1. The molecule has 0 unspecified atom stereocenters. The zero-order chi connectivity index (χ0) is 15.6. The Morgan fingerprint density at radius 2 is 1.70 bits per heavy atom. The minimum absolute atomic E-state index is 0.148. The molecule has 0 N–H and O–H groups in total. The van der Waals surface area contributed by atoms with E-state index < -0.39 is 0 Å². The molecule has 2 aliphatic rings. The van der Waals surface area contributed by atoms with Crippen molar-refractivity contribution in [3.05, 3.63) is 53.9 Å². The molecule has 1 aromatic carbocycles. The number of aromatic nitrogens is 2. The highest BCUT2D eigenvalue weighted by molar-refractivity contribution is 5.98. The highest BCUT2D eigenvalue weighted by Crippen LogP contribution is 2.22. The zero-order valence-electron chi connectivity index (χ0n) is 12.9. The van der Waals surface area contributed by atoms with Crippen LogP contribution in [0, 0.1) is 0 Å². The maximum Gasteiger partial charge on any atom is 0.255 e. The molecule has 0 aliphatic carbocycles. The van der Waals surface area contributed by atoms with Gasteiger partial charge in [0.2, 0.25) is 5.95 Å². The standard InChI is InChI=1S/C17H19N5O/c23-16-15-5-2-1-4-14(15)12-22(16)13-20-8-10-21(11-9-20)17-18-6-3-7-19-17/h1-7H,8-13H2. The number of piperazine rings is 1. The van der Waals surface area contributed by atoms with Crippen molar-refractivity contribution in [3.8, 4) is 0 Å². The molecule has 6 nitrogen and oxygen atoms in total. The lowest BCUT2D eigenvalue weighted by atomic mass is 10.1. The van der Waals surface area contributed by atoms with Crippen LogP contribution in [0.25, 0.3) is 0 Å². The molecule has 4 rings (SSSR count). The van der Waals surface area contributed by atoms with Crippen LogP contribution in [-0.4, -0.2) is 58.5 Å². The molecule has 0 saturated carbocycles. The predicted molar refractivity (Wildman–Crippen MR) is 87.0 cm³/mol. The van der Waals surface area contributed by atoms with Crippen LogP contribution in [0.3, 0.4) is 0 Å². The molecule has 0 spiro atoms. The van der Waals surface area contributed by atoms with Gasteiger partial charge in [0, 0.05) is 50.7 Å². The topological polar surface area (TPSA) is 52.6 Å². The van der Waals surface area contributed by atoms with Crippen molar-refractivity contribution in [1.82, 2.24) is 19.8 Å². The number of anilines is 1.